The van der Waals surface area contributed by atoms with Gasteiger partial charge in [0.15, 0.2) is 0 Å². The lowest BCUT2D eigenvalue weighted by Crippen LogP contribution is -2.24. The van der Waals surface area contributed by atoms with Gasteiger partial charge in [-0.25, -0.2) is 0 Å². The molecule has 0 spiro atoms. The summed E-state index contributed by atoms with van der Waals surface area (Å²) in [4.78, 5) is 1.43. The highest BCUT2D eigenvalue weighted by atomic mass is 32.2. The van der Waals surface area contributed by atoms with Crippen LogP contribution in [0.4, 0.5) is 0 Å². The fourth-order valence-corrected chi connectivity index (χ4v) is 3.44. The first-order valence-electron chi connectivity index (χ1n) is 5.73. The van der Waals surface area contributed by atoms with E-state index in [-0.39, 0.29) is 5.60 Å². The fraction of sp³-hybridized carbons (Fsp3) is 0.571. The van der Waals surface area contributed by atoms with Gasteiger partial charge in [-0.15, -0.1) is 11.8 Å². The Labute approximate surface area is 103 Å². The molecule has 1 aromatic carbocycles. The van der Waals surface area contributed by atoms with Crippen molar-refractivity contribution in [3.63, 3.8) is 0 Å². The minimum absolute atomic E-state index is 0.0404. The summed E-state index contributed by atoms with van der Waals surface area (Å²) >= 11 is 1.85. The van der Waals surface area contributed by atoms with E-state index in [1.165, 1.54) is 27.1 Å². The zero-order valence-corrected chi connectivity index (χ0v) is 11.8. The van der Waals surface area contributed by atoms with Crippen LogP contribution in [0.1, 0.15) is 36.1 Å². The van der Waals surface area contributed by atoms with Crippen LogP contribution in [-0.2, 0) is 6.42 Å². The molecule has 0 aromatic heterocycles. The summed E-state index contributed by atoms with van der Waals surface area (Å²) < 4.78 is 6.08. The molecule has 2 rings (SSSR count). The molecule has 2 heteroatoms. The molecule has 0 aliphatic carbocycles. The average Bonchev–Trinajstić information content (AvgIpc) is 2.52. The molecule has 0 atom stereocenters. The van der Waals surface area contributed by atoms with Crippen molar-refractivity contribution < 1.29 is 4.74 Å². The molecular weight excluding hydrogens is 216 g/mol. The Morgan fingerprint density at radius 1 is 1.06 bits per heavy atom. The van der Waals surface area contributed by atoms with E-state index in [0.29, 0.717) is 0 Å². The number of hydrogen-bond acceptors (Lipinski definition) is 2. The van der Waals surface area contributed by atoms with Gasteiger partial charge >= 0.3 is 0 Å². The maximum Gasteiger partial charge on any atom is 0.126 e. The number of rotatable bonds is 1. The van der Waals surface area contributed by atoms with Crippen molar-refractivity contribution in [2.24, 2.45) is 0 Å². The van der Waals surface area contributed by atoms with Crippen LogP contribution in [0.5, 0.6) is 5.75 Å². The van der Waals surface area contributed by atoms with Crippen LogP contribution in [0.15, 0.2) is 4.90 Å². The average molecular weight is 236 g/mol. The monoisotopic (exact) mass is 236 g/mol. The highest BCUT2D eigenvalue weighted by Gasteiger charge is 2.34. The highest BCUT2D eigenvalue weighted by Crippen LogP contribution is 2.44. The molecule has 0 radical (unpaired) electrons. The Bertz CT molecular complexity index is 447. The number of benzene rings is 1. The number of fused-ring (bicyclic) bond motifs is 1. The van der Waals surface area contributed by atoms with Crippen molar-refractivity contribution in [3.05, 3.63) is 22.3 Å². The third kappa shape index (κ3) is 1.64. The number of ether oxygens (including phenoxy) is 1. The minimum atomic E-state index is -0.0404. The first-order chi connectivity index (χ1) is 7.37. The Hall–Kier alpha value is -0.630. The summed E-state index contributed by atoms with van der Waals surface area (Å²) in [7, 11) is 0. The number of hydrogen-bond donors (Lipinski definition) is 0. The first-order valence-corrected chi connectivity index (χ1v) is 6.95. The van der Waals surface area contributed by atoms with Crippen LogP contribution >= 0.6 is 11.8 Å². The molecule has 0 saturated carbocycles. The van der Waals surface area contributed by atoms with Crippen molar-refractivity contribution in [1.29, 1.82) is 0 Å². The van der Waals surface area contributed by atoms with Gasteiger partial charge < -0.3 is 4.74 Å². The predicted octanol–water partition coefficient (Wildman–Crippen LogP) is 4.05. The van der Waals surface area contributed by atoms with Gasteiger partial charge in [-0.1, -0.05) is 0 Å². The summed E-state index contributed by atoms with van der Waals surface area (Å²) in [5, 5.41) is 0. The van der Waals surface area contributed by atoms with Gasteiger partial charge in [0.2, 0.25) is 0 Å². The molecule has 1 heterocycles. The third-order valence-electron chi connectivity index (χ3n) is 3.50. The van der Waals surface area contributed by atoms with Gasteiger partial charge in [-0.05, 0) is 57.6 Å². The summed E-state index contributed by atoms with van der Waals surface area (Å²) in [6.07, 6.45) is 3.19. The van der Waals surface area contributed by atoms with Gasteiger partial charge in [0.25, 0.3) is 0 Å². The Morgan fingerprint density at radius 2 is 1.69 bits per heavy atom. The van der Waals surface area contributed by atoms with Crippen LogP contribution in [0.25, 0.3) is 0 Å². The minimum Gasteiger partial charge on any atom is -0.487 e. The van der Waals surface area contributed by atoms with Crippen molar-refractivity contribution in [1.82, 2.24) is 0 Å². The molecule has 0 unspecified atom stereocenters. The van der Waals surface area contributed by atoms with Crippen molar-refractivity contribution in [2.75, 3.05) is 6.26 Å². The molecule has 1 aromatic rings. The van der Waals surface area contributed by atoms with Crippen LogP contribution in [0.2, 0.25) is 0 Å². The Balaban J connectivity index is 2.68. The van der Waals surface area contributed by atoms with E-state index in [1.54, 1.807) is 0 Å². The standard InChI is InChI=1S/C14H20OS/c1-8-9(2)13(16-6)10(3)11-7-14(4,5)15-12(8)11/h7H2,1-6H3. The van der Waals surface area contributed by atoms with Gasteiger partial charge in [0.1, 0.15) is 11.4 Å². The second kappa shape index (κ2) is 3.69. The van der Waals surface area contributed by atoms with Crippen LogP contribution in [0.3, 0.4) is 0 Å². The Morgan fingerprint density at radius 3 is 2.25 bits per heavy atom. The molecule has 16 heavy (non-hydrogen) atoms. The maximum atomic E-state index is 6.08. The van der Waals surface area contributed by atoms with E-state index in [9.17, 15) is 0 Å². The topological polar surface area (TPSA) is 9.23 Å². The van der Waals surface area contributed by atoms with E-state index >= 15 is 0 Å². The van der Waals surface area contributed by atoms with Gasteiger partial charge in [0, 0.05) is 16.9 Å². The molecule has 0 N–H and O–H groups in total. The second-order valence-electron chi connectivity index (χ2n) is 5.25. The fourth-order valence-electron chi connectivity index (χ4n) is 2.55. The molecule has 1 nitrogen and oxygen atoms in total. The van der Waals surface area contributed by atoms with Crippen LogP contribution in [0, 0.1) is 20.8 Å². The summed E-state index contributed by atoms with van der Waals surface area (Å²) in [6, 6.07) is 0. The molecule has 0 bridgehead atoms. The molecule has 88 valence electrons. The highest BCUT2D eigenvalue weighted by molar-refractivity contribution is 7.98. The van der Waals surface area contributed by atoms with Crippen molar-refractivity contribution in [3.8, 4) is 5.75 Å². The van der Waals surface area contributed by atoms with E-state index in [0.717, 1.165) is 12.2 Å². The summed E-state index contributed by atoms with van der Waals surface area (Å²) in [6.45, 7) is 10.9. The summed E-state index contributed by atoms with van der Waals surface area (Å²) in [5.74, 6) is 1.14. The van der Waals surface area contributed by atoms with Crippen molar-refractivity contribution in [2.45, 2.75) is 51.5 Å². The predicted molar refractivity (Wildman–Crippen MR) is 70.8 cm³/mol. The molecular formula is C14H20OS. The number of thioether (sulfide) groups is 1. The summed E-state index contributed by atoms with van der Waals surface area (Å²) in [5.41, 5.74) is 5.48. The van der Waals surface area contributed by atoms with E-state index in [1.807, 2.05) is 11.8 Å². The van der Waals surface area contributed by atoms with Crippen molar-refractivity contribution >= 4 is 11.8 Å². The lowest BCUT2D eigenvalue weighted by molar-refractivity contribution is 0.137. The van der Waals surface area contributed by atoms with Crippen LogP contribution < -0.4 is 4.74 Å². The van der Waals surface area contributed by atoms with E-state index in [4.69, 9.17) is 4.74 Å². The van der Waals surface area contributed by atoms with Gasteiger partial charge in [0.05, 0.1) is 0 Å². The van der Waals surface area contributed by atoms with Gasteiger partial charge in [-0.2, -0.15) is 0 Å². The SMILES string of the molecule is CSc1c(C)c(C)c2c(c1C)CC(C)(C)O2. The molecule has 1 aliphatic heterocycles. The molecule has 0 amide bonds. The smallest absolute Gasteiger partial charge is 0.126 e. The molecule has 0 fully saturated rings. The quantitative estimate of drug-likeness (QED) is 0.680. The second-order valence-corrected chi connectivity index (χ2v) is 6.07. The normalized spacial score (nSPS) is 17.1. The lowest BCUT2D eigenvalue weighted by Gasteiger charge is -2.18. The zero-order chi connectivity index (χ0) is 12.1. The lowest BCUT2D eigenvalue weighted by atomic mass is 9.94. The van der Waals surface area contributed by atoms with Crippen LogP contribution in [-0.4, -0.2) is 11.9 Å². The first kappa shape index (κ1) is 11.8. The molecule has 1 aliphatic rings. The Kier molecular flexibility index (Phi) is 2.73. The maximum absolute atomic E-state index is 6.08. The molecule has 0 saturated heterocycles. The van der Waals surface area contributed by atoms with E-state index in [2.05, 4.69) is 40.9 Å². The third-order valence-corrected chi connectivity index (χ3v) is 4.52. The zero-order valence-electron chi connectivity index (χ0n) is 11.0. The van der Waals surface area contributed by atoms with Gasteiger partial charge in [-0.3, -0.25) is 0 Å². The van der Waals surface area contributed by atoms with E-state index < -0.39 is 0 Å². The largest absolute Gasteiger partial charge is 0.487 e.